The fourth-order valence-corrected chi connectivity index (χ4v) is 2.06. The lowest BCUT2D eigenvalue weighted by molar-refractivity contribution is 0.291. The van der Waals surface area contributed by atoms with Crippen LogP contribution in [-0.4, -0.2) is 16.5 Å². The number of nitrogens with zero attached hydrogens (tertiary/aromatic N) is 2. The topological polar surface area (TPSA) is 47.0 Å². The zero-order valence-electron chi connectivity index (χ0n) is 10.4. The Hall–Kier alpha value is -1.33. The summed E-state index contributed by atoms with van der Waals surface area (Å²) in [5, 5.41) is 3.84. The number of halogens is 2. The molecule has 0 aliphatic heterocycles. The third kappa shape index (κ3) is 3.81. The molecule has 0 saturated heterocycles. The minimum Gasteiger partial charge on any atom is -0.472 e. The summed E-state index contributed by atoms with van der Waals surface area (Å²) in [6.45, 7) is 3.22. The van der Waals surface area contributed by atoms with Crippen LogP contribution < -0.4 is 10.1 Å². The summed E-state index contributed by atoms with van der Waals surface area (Å²) < 4.78 is 6.40. The molecular weight excluding hydrogens is 330 g/mol. The maximum Gasteiger partial charge on any atom is 0.233 e. The van der Waals surface area contributed by atoms with Gasteiger partial charge >= 0.3 is 0 Å². The minimum absolute atomic E-state index is 0.429. The van der Waals surface area contributed by atoms with Crippen molar-refractivity contribution in [3.8, 4) is 5.88 Å². The highest BCUT2D eigenvalue weighted by Crippen LogP contribution is 2.28. The number of benzene rings is 1. The molecule has 0 bridgehead atoms. The highest BCUT2D eigenvalue weighted by Gasteiger charge is 2.09. The van der Waals surface area contributed by atoms with E-state index >= 15 is 0 Å². The first-order valence-corrected chi connectivity index (χ1v) is 6.99. The van der Waals surface area contributed by atoms with Crippen LogP contribution in [0.25, 0.3) is 0 Å². The van der Waals surface area contributed by atoms with E-state index in [1.165, 1.54) is 6.33 Å². The molecule has 2 rings (SSSR count). The van der Waals surface area contributed by atoms with Crippen LogP contribution in [-0.2, 0) is 6.61 Å². The number of anilines is 1. The van der Waals surface area contributed by atoms with Crippen LogP contribution in [0.5, 0.6) is 5.88 Å². The van der Waals surface area contributed by atoms with Crippen molar-refractivity contribution in [1.29, 1.82) is 0 Å². The molecule has 6 heteroatoms. The van der Waals surface area contributed by atoms with E-state index in [0.29, 0.717) is 17.5 Å². The molecule has 2 aromatic rings. The number of aromatic nitrogens is 2. The van der Waals surface area contributed by atoms with E-state index in [1.54, 1.807) is 0 Å². The molecule has 100 valence electrons. The lowest BCUT2D eigenvalue weighted by atomic mass is 10.2. The van der Waals surface area contributed by atoms with Crippen molar-refractivity contribution >= 4 is 33.3 Å². The van der Waals surface area contributed by atoms with Gasteiger partial charge in [-0.3, -0.25) is 0 Å². The smallest absolute Gasteiger partial charge is 0.233 e. The molecular formula is C13H13BrClN3O. The first-order chi connectivity index (χ1) is 9.20. The Bertz CT molecular complexity index is 548. The van der Waals surface area contributed by atoms with Crippen LogP contribution in [0.4, 0.5) is 5.82 Å². The van der Waals surface area contributed by atoms with Crippen molar-refractivity contribution in [1.82, 2.24) is 9.97 Å². The molecule has 0 aliphatic carbocycles. The monoisotopic (exact) mass is 341 g/mol. The summed E-state index contributed by atoms with van der Waals surface area (Å²) in [6, 6.07) is 7.50. The van der Waals surface area contributed by atoms with Crippen LogP contribution in [0, 0.1) is 0 Å². The van der Waals surface area contributed by atoms with Crippen LogP contribution in [0.3, 0.4) is 0 Å². The van der Waals surface area contributed by atoms with Crippen LogP contribution in [0.15, 0.2) is 35.1 Å². The zero-order chi connectivity index (χ0) is 13.7. The van der Waals surface area contributed by atoms with Gasteiger partial charge in [0.25, 0.3) is 0 Å². The number of hydrogen-bond acceptors (Lipinski definition) is 4. The Kier molecular flexibility index (Phi) is 4.99. The molecule has 0 amide bonds. The van der Waals surface area contributed by atoms with Gasteiger partial charge in [-0.15, -0.1) is 0 Å². The normalized spacial score (nSPS) is 10.3. The van der Waals surface area contributed by atoms with Gasteiger partial charge in [0.1, 0.15) is 23.2 Å². The average molecular weight is 343 g/mol. The molecule has 0 unspecified atom stereocenters. The largest absolute Gasteiger partial charge is 0.472 e. The van der Waals surface area contributed by atoms with Crippen molar-refractivity contribution < 1.29 is 4.74 Å². The van der Waals surface area contributed by atoms with Gasteiger partial charge < -0.3 is 10.1 Å². The predicted octanol–water partition coefficient (Wildman–Crippen LogP) is 3.90. The molecule has 19 heavy (non-hydrogen) atoms. The van der Waals surface area contributed by atoms with Crippen LogP contribution in [0.2, 0.25) is 5.02 Å². The summed E-state index contributed by atoms with van der Waals surface area (Å²) in [6.07, 6.45) is 1.47. The van der Waals surface area contributed by atoms with Gasteiger partial charge in [-0.1, -0.05) is 23.7 Å². The molecule has 1 aromatic carbocycles. The summed E-state index contributed by atoms with van der Waals surface area (Å²) in [4.78, 5) is 8.24. The van der Waals surface area contributed by atoms with E-state index in [0.717, 1.165) is 22.4 Å². The molecule has 0 aliphatic rings. The van der Waals surface area contributed by atoms with Crippen molar-refractivity contribution in [2.45, 2.75) is 13.5 Å². The molecule has 1 aromatic heterocycles. The molecule has 1 heterocycles. The maximum atomic E-state index is 5.83. The lowest BCUT2D eigenvalue weighted by Crippen LogP contribution is -2.04. The Labute approximate surface area is 125 Å². The van der Waals surface area contributed by atoms with Gasteiger partial charge in [-0.25, -0.2) is 9.97 Å². The molecule has 4 nitrogen and oxygen atoms in total. The number of nitrogens with one attached hydrogen (secondary N) is 1. The van der Waals surface area contributed by atoms with Gasteiger partial charge in [-0.2, -0.15) is 0 Å². The highest BCUT2D eigenvalue weighted by atomic mass is 79.9. The van der Waals surface area contributed by atoms with Gasteiger partial charge in [0, 0.05) is 11.6 Å². The zero-order valence-corrected chi connectivity index (χ0v) is 12.7. The first kappa shape index (κ1) is 14.1. The minimum atomic E-state index is 0.429. The van der Waals surface area contributed by atoms with Gasteiger partial charge in [0.2, 0.25) is 5.88 Å². The van der Waals surface area contributed by atoms with Crippen molar-refractivity contribution in [3.63, 3.8) is 0 Å². The number of ether oxygens (including phenoxy) is 1. The SMILES string of the molecule is CCNc1ncnc(OCc2ccc(Cl)cc2)c1Br. The van der Waals surface area contributed by atoms with Crippen molar-refractivity contribution in [3.05, 3.63) is 45.7 Å². The average Bonchev–Trinajstić information content (AvgIpc) is 2.42. The van der Waals surface area contributed by atoms with Crippen LogP contribution >= 0.6 is 27.5 Å². The fourth-order valence-electron chi connectivity index (χ4n) is 1.48. The maximum absolute atomic E-state index is 5.83. The van der Waals surface area contributed by atoms with E-state index < -0.39 is 0 Å². The second-order valence-electron chi connectivity index (χ2n) is 3.79. The van der Waals surface area contributed by atoms with Gasteiger partial charge in [0.05, 0.1) is 0 Å². The predicted molar refractivity (Wildman–Crippen MR) is 79.7 cm³/mol. The molecule has 0 saturated carbocycles. The summed E-state index contributed by atoms with van der Waals surface area (Å²) >= 11 is 9.27. The Morgan fingerprint density at radius 3 is 2.68 bits per heavy atom. The molecule has 0 radical (unpaired) electrons. The standard InChI is InChI=1S/C13H13BrClN3O/c1-2-16-12-11(14)13(18-8-17-12)19-7-9-3-5-10(15)6-4-9/h3-6,8H,2,7H2,1H3,(H,16,17,18). The lowest BCUT2D eigenvalue weighted by Gasteiger charge is -2.10. The van der Waals surface area contributed by atoms with Gasteiger partial charge in [0.15, 0.2) is 0 Å². The molecule has 1 N–H and O–H groups in total. The third-order valence-electron chi connectivity index (χ3n) is 2.39. The highest BCUT2D eigenvalue weighted by molar-refractivity contribution is 9.10. The van der Waals surface area contributed by atoms with Crippen molar-refractivity contribution in [2.24, 2.45) is 0 Å². The Morgan fingerprint density at radius 2 is 2.00 bits per heavy atom. The van der Waals surface area contributed by atoms with E-state index in [9.17, 15) is 0 Å². The third-order valence-corrected chi connectivity index (χ3v) is 3.36. The molecule has 0 spiro atoms. The summed E-state index contributed by atoms with van der Waals surface area (Å²) in [5.41, 5.74) is 1.03. The van der Waals surface area contributed by atoms with Crippen molar-refractivity contribution in [2.75, 3.05) is 11.9 Å². The number of hydrogen-bond donors (Lipinski definition) is 1. The Balaban J connectivity index is 2.07. The molecule has 0 atom stereocenters. The van der Waals surface area contributed by atoms with E-state index in [1.807, 2.05) is 31.2 Å². The first-order valence-electron chi connectivity index (χ1n) is 5.82. The Morgan fingerprint density at radius 1 is 1.26 bits per heavy atom. The summed E-state index contributed by atoms with van der Waals surface area (Å²) in [5.74, 6) is 1.24. The summed E-state index contributed by atoms with van der Waals surface area (Å²) in [7, 11) is 0. The van der Waals surface area contributed by atoms with E-state index in [4.69, 9.17) is 16.3 Å². The molecule has 0 fully saturated rings. The van der Waals surface area contributed by atoms with Crippen LogP contribution in [0.1, 0.15) is 12.5 Å². The number of rotatable bonds is 5. The van der Waals surface area contributed by atoms with E-state index in [-0.39, 0.29) is 0 Å². The fraction of sp³-hybridized carbons (Fsp3) is 0.231. The van der Waals surface area contributed by atoms with Gasteiger partial charge in [-0.05, 0) is 40.5 Å². The second kappa shape index (κ2) is 6.73. The van der Waals surface area contributed by atoms with E-state index in [2.05, 4.69) is 31.2 Å². The second-order valence-corrected chi connectivity index (χ2v) is 5.02. The quantitative estimate of drug-likeness (QED) is 0.895.